The molecule has 0 spiro atoms. The topological polar surface area (TPSA) is 130 Å². The van der Waals surface area contributed by atoms with Crippen molar-refractivity contribution in [1.82, 2.24) is 0 Å². The van der Waals surface area contributed by atoms with Gasteiger partial charge in [0.05, 0.1) is 20.4 Å². The Bertz CT molecular complexity index is 1530. The molecule has 38 heavy (non-hydrogen) atoms. The standard InChI is InChI=1S/C27H17ClN2O7S/c28-21-10-6-11-22(30(35)36)26(21)38-23-12-5-4-9-20(23)27(32)37-25(24(31)17-7-2-1-3-8-17)18-13-15-19(16-14-18)29(33)34/h1-16,25H/t25-/m0/s1. The number of rotatable bonds is 9. The van der Waals surface area contributed by atoms with Gasteiger partial charge in [-0.1, -0.05) is 71.9 Å². The number of benzene rings is 4. The zero-order valence-electron chi connectivity index (χ0n) is 19.4. The highest BCUT2D eigenvalue weighted by atomic mass is 35.5. The SMILES string of the molecule is O=C(O[C@H](C(=O)c1ccccc1)c1ccc([N+](=O)[O-])cc1)c1ccccc1Sc1c(Cl)cccc1[N+](=O)[O-]. The molecule has 0 aliphatic carbocycles. The first-order valence-corrected chi connectivity index (χ1v) is 12.2. The fraction of sp³-hybridized carbons (Fsp3) is 0.0370. The van der Waals surface area contributed by atoms with Crippen molar-refractivity contribution < 1.29 is 24.2 Å². The highest BCUT2D eigenvalue weighted by molar-refractivity contribution is 7.99. The molecule has 0 aliphatic rings. The van der Waals surface area contributed by atoms with Crippen LogP contribution in [0.1, 0.15) is 32.4 Å². The highest BCUT2D eigenvalue weighted by Crippen LogP contribution is 2.41. The maximum absolute atomic E-state index is 13.4. The van der Waals surface area contributed by atoms with Crippen molar-refractivity contribution in [2.45, 2.75) is 15.9 Å². The van der Waals surface area contributed by atoms with Crippen LogP contribution in [0.4, 0.5) is 11.4 Å². The second-order valence-corrected chi connectivity index (χ2v) is 9.27. The molecule has 0 bridgehead atoms. The van der Waals surface area contributed by atoms with Gasteiger partial charge >= 0.3 is 5.97 Å². The van der Waals surface area contributed by atoms with Gasteiger partial charge in [-0.15, -0.1) is 0 Å². The minimum Gasteiger partial charge on any atom is -0.445 e. The number of esters is 1. The number of nitrogens with zero attached hydrogens (tertiary/aromatic N) is 2. The van der Waals surface area contributed by atoms with E-state index in [2.05, 4.69) is 0 Å². The van der Waals surface area contributed by atoms with Crippen LogP contribution < -0.4 is 0 Å². The Labute approximate surface area is 225 Å². The summed E-state index contributed by atoms with van der Waals surface area (Å²) in [5.74, 6) is -1.39. The van der Waals surface area contributed by atoms with Gasteiger partial charge in [0.25, 0.3) is 11.4 Å². The number of Topliss-reactive ketones (excluding diaryl/α,β-unsaturated/α-hetero) is 1. The van der Waals surface area contributed by atoms with Gasteiger partial charge < -0.3 is 4.74 Å². The average Bonchev–Trinajstić information content (AvgIpc) is 2.93. The van der Waals surface area contributed by atoms with Gasteiger partial charge in [-0.25, -0.2) is 4.79 Å². The zero-order chi connectivity index (χ0) is 27.2. The molecule has 0 fully saturated rings. The molecule has 0 heterocycles. The van der Waals surface area contributed by atoms with Gasteiger partial charge in [0.15, 0.2) is 6.10 Å². The average molecular weight is 549 g/mol. The maximum atomic E-state index is 13.4. The molecule has 190 valence electrons. The third kappa shape index (κ3) is 5.88. The van der Waals surface area contributed by atoms with Crippen LogP contribution in [0.2, 0.25) is 5.02 Å². The van der Waals surface area contributed by atoms with E-state index in [0.29, 0.717) is 4.90 Å². The van der Waals surface area contributed by atoms with Gasteiger partial charge in [-0.2, -0.15) is 0 Å². The summed E-state index contributed by atoms with van der Waals surface area (Å²) >= 11 is 7.15. The third-order valence-electron chi connectivity index (χ3n) is 5.39. The van der Waals surface area contributed by atoms with Crippen LogP contribution in [-0.4, -0.2) is 21.6 Å². The first kappa shape index (κ1) is 26.5. The molecular formula is C27H17ClN2O7S. The van der Waals surface area contributed by atoms with Crippen LogP contribution in [0.25, 0.3) is 0 Å². The fourth-order valence-electron chi connectivity index (χ4n) is 3.54. The molecule has 0 unspecified atom stereocenters. The quantitative estimate of drug-likeness (QED) is 0.0937. The summed E-state index contributed by atoms with van der Waals surface area (Å²) < 4.78 is 5.69. The number of non-ortho nitro benzene ring substituents is 1. The third-order valence-corrected chi connectivity index (χ3v) is 7.03. The zero-order valence-corrected chi connectivity index (χ0v) is 20.9. The maximum Gasteiger partial charge on any atom is 0.340 e. The molecule has 0 aliphatic heterocycles. The predicted molar refractivity (Wildman–Crippen MR) is 141 cm³/mol. The van der Waals surface area contributed by atoms with E-state index in [9.17, 15) is 29.8 Å². The Hall–Kier alpha value is -4.54. The lowest BCUT2D eigenvalue weighted by atomic mass is 9.99. The van der Waals surface area contributed by atoms with E-state index in [0.717, 1.165) is 11.8 Å². The van der Waals surface area contributed by atoms with Gasteiger partial charge in [0.2, 0.25) is 5.78 Å². The molecule has 0 aromatic heterocycles. The lowest BCUT2D eigenvalue weighted by molar-refractivity contribution is -0.387. The molecular weight excluding hydrogens is 532 g/mol. The molecule has 4 rings (SSSR count). The molecule has 9 nitrogen and oxygen atoms in total. The second kappa shape index (κ2) is 11.7. The highest BCUT2D eigenvalue weighted by Gasteiger charge is 2.29. The van der Waals surface area contributed by atoms with Crippen molar-refractivity contribution in [2.75, 3.05) is 0 Å². The van der Waals surface area contributed by atoms with Crippen molar-refractivity contribution in [1.29, 1.82) is 0 Å². The van der Waals surface area contributed by atoms with E-state index in [-0.39, 0.29) is 38.0 Å². The number of halogens is 1. The number of carbonyl (C=O) groups is 2. The number of carbonyl (C=O) groups excluding carboxylic acids is 2. The Kier molecular flexibility index (Phi) is 8.15. The van der Waals surface area contributed by atoms with E-state index < -0.39 is 27.7 Å². The van der Waals surface area contributed by atoms with Crippen molar-refractivity contribution >= 4 is 46.5 Å². The molecule has 0 saturated heterocycles. The smallest absolute Gasteiger partial charge is 0.340 e. The van der Waals surface area contributed by atoms with Crippen molar-refractivity contribution in [3.05, 3.63) is 139 Å². The van der Waals surface area contributed by atoms with Crippen molar-refractivity contribution in [3.8, 4) is 0 Å². The minimum absolute atomic E-state index is 0.0551. The number of ketones is 1. The van der Waals surface area contributed by atoms with Gasteiger partial charge in [0, 0.05) is 34.2 Å². The van der Waals surface area contributed by atoms with Crippen molar-refractivity contribution in [3.63, 3.8) is 0 Å². The van der Waals surface area contributed by atoms with Crippen LogP contribution in [0.5, 0.6) is 0 Å². The summed E-state index contributed by atoms with van der Waals surface area (Å²) in [4.78, 5) is 48.7. The summed E-state index contributed by atoms with van der Waals surface area (Å²) in [6, 6.07) is 23.8. The first-order valence-electron chi connectivity index (χ1n) is 11.0. The van der Waals surface area contributed by atoms with Gasteiger partial charge in [-0.05, 0) is 30.3 Å². The predicted octanol–water partition coefficient (Wildman–Crippen LogP) is 7.09. The Morgan fingerprint density at radius 3 is 2.11 bits per heavy atom. The summed E-state index contributed by atoms with van der Waals surface area (Å²) in [7, 11) is 0. The summed E-state index contributed by atoms with van der Waals surface area (Å²) in [6.07, 6.45) is -1.40. The largest absolute Gasteiger partial charge is 0.445 e. The first-order chi connectivity index (χ1) is 18.3. The van der Waals surface area contributed by atoms with Crippen LogP contribution >= 0.6 is 23.4 Å². The number of nitro benzene ring substituents is 2. The minimum atomic E-state index is -1.40. The second-order valence-electron chi connectivity index (χ2n) is 7.81. The fourth-order valence-corrected chi connectivity index (χ4v) is 4.87. The van der Waals surface area contributed by atoms with Crippen molar-refractivity contribution in [2.24, 2.45) is 0 Å². The number of nitro groups is 2. The summed E-state index contributed by atoms with van der Waals surface area (Å²) in [5.41, 5.74) is 0.157. The van der Waals surface area contributed by atoms with E-state index >= 15 is 0 Å². The van der Waals surface area contributed by atoms with Gasteiger partial charge in [-0.3, -0.25) is 25.0 Å². The lowest BCUT2D eigenvalue weighted by Crippen LogP contribution is -2.20. The Morgan fingerprint density at radius 2 is 1.45 bits per heavy atom. The Morgan fingerprint density at radius 1 is 0.789 bits per heavy atom. The number of ether oxygens (including phenoxy) is 1. The van der Waals surface area contributed by atoms with Gasteiger partial charge in [0.1, 0.15) is 4.90 Å². The summed E-state index contributed by atoms with van der Waals surface area (Å²) in [6.45, 7) is 0. The Balaban J connectivity index is 1.70. The molecule has 11 heteroatoms. The molecule has 4 aromatic rings. The van der Waals surface area contributed by atoms with E-state index in [4.69, 9.17) is 16.3 Å². The molecule has 0 amide bonds. The van der Waals surface area contributed by atoms with E-state index in [1.54, 1.807) is 48.5 Å². The van der Waals surface area contributed by atoms with Crippen LogP contribution in [-0.2, 0) is 4.74 Å². The summed E-state index contributed by atoms with van der Waals surface area (Å²) in [5, 5.41) is 22.7. The number of hydrogen-bond donors (Lipinski definition) is 0. The van der Waals surface area contributed by atoms with Crippen LogP contribution in [0.15, 0.2) is 107 Å². The molecule has 0 saturated carbocycles. The molecule has 4 aromatic carbocycles. The molecule has 1 atom stereocenters. The normalized spacial score (nSPS) is 11.4. The molecule has 0 N–H and O–H groups in total. The lowest BCUT2D eigenvalue weighted by Gasteiger charge is -2.18. The van der Waals surface area contributed by atoms with Crippen LogP contribution in [0.3, 0.4) is 0 Å². The van der Waals surface area contributed by atoms with E-state index in [1.807, 2.05) is 0 Å². The monoisotopic (exact) mass is 548 g/mol. The van der Waals surface area contributed by atoms with E-state index in [1.165, 1.54) is 48.5 Å². The van der Waals surface area contributed by atoms with Crippen LogP contribution in [0, 0.1) is 20.2 Å². The number of hydrogen-bond acceptors (Lipinski definition) is 8. The molecule has 0 radical (unpaired) electrons.